The van der Waals surface area contributed by atoms with Gasteiger partial charge in [-0.15, -0.1) is 0 Å². The van der Waals surface area contributed by atoms with Gasteiger partial charge < -0.3 is 20.7 Å². The first-order valence-corrected chi connectivity index (χ1v) is 8.33. The van der Waals surface area contributed by atoms with Gasteiger partial charge in [-0.1, -0.05) is 12.1 Å². The predicted octanol–water partition coefficient (Wildman–Crippen LogP) is 3.75. The van der Waals surface area contributed by atoms with Crippen molar-refractivity contribution >= 4 is 17.6 Å². The van der Waals surface area contributed by atoms with Gasteiger partial charge in [-0.05, 0) is 55.8 Å². The number of hydrogen-bond acceptors (Lipinski definition) is 3. The Hall–Kier alpha value is -3.16. The van der Waals surface area contributed by atoms with Crippen molar-refractivity contribution in [2.45, 2.75) is 33.0 Å². The Morgan fingerprint density at radius 2 is 1.63 bits per heavy atom. The number of alkyl halides is 2. The second kappa shape index (κ2) is 9.51. The molecule has 0 atom stereocenters. The average molecular weight is 377 g/mol. The summed E-state index contributed by atoms with van der Waals surface area (Å²) in [4.78, 5) is 23.8. The molecule has 0 aliphatic rings. The summed E-state index contributed by atoms with van der Waals surface area (Å²) in [5.74, 6) is -0.323. The highest BCUT2D eigenvalue weighted by Crippen LogP contribution is 2.18. The van der Waals surface area contributed by atoms with E-state index in [2.05, 4.69) is 20.7 Å². The minimum absolute atomic E-state index is 0.0151. The zero-order chi connectivity index (χ0) is 19.8. The first kappa shape index (κ1) is 20.2. The standard InChI is InChI=1S/C19H21F2N3O3/c1-12(2)23-19(26)22-11-13-3-5-14(6-4-13)17(25)24-15-7-9-16(10-8-15)27-18(20)21/h3-10,12,18H,11H2,1-2H3,(H,24,25)(H2,22,23,26). The molecule has 0 unspecified atom stereocenters. The molecule has 2 rings (SSSR count). The van der Waals surface area contributed by atoms with Gasteiger partial charge in [0.2, 0.25) is 0 Å². The van der Waals surface area contributed by atoms with E-state index in [1.807, 2.05) is 13.8 Å². The Morgan fingerprint density at radius 3 is 2.19 bits per heavy atom. The lowest BCUT2D eigenvalue weighted by Crippen LogP contribution is -2.39. The van der Waals surface area contributed by atoms with Crippen molar-refractivity contribution < 1.29 is 23.1 Å². The fourth-order valence-corrected chi connectivity index (χ4v) is 2.19. The summed E-state index contributed by atoms with van der Waals surface area (Å²) in [5.41, 5.74) is 1.73. The zero-order valence-electron chi connectivity index (χ0n) is 15.0. The van der Waals surface area contributed by atoms with Crippen molar-refractivity contribution in [1.29, 1.82) is 0 Å². The van der Waals surface area contributed by atoms with Crippen LogP contribution in [0, 0.1) is 0 Å². The largest absolute Gasteiger partial charge is 0.435 e. The molecule has 8 heteroatoms. The van der Waals surface area contributed by atoms with Crippen molar-refractivity contribution in [2.24, 2.45) is 0 Å². The summed E-state index contributed by atoms with van der Waals surface area (Å²) in [6.45, 7) is 1.18. The van der Waals surface area contributed by atoms with Crippen molar-refractivity contribution in [3.8, 4) is 5.75 Å². The molecule has 0 saturated carbocycles. The highest BCUT2D eigenvalue weighted by atomic mass is 19.3. The number of anilines is 1. The summed E-state index contributed by atoms with van der Waals surface area (Å²) >= 11 is 0. The second-order valence-electron chi connectivity index (χ2n) is 6.04. The Labute approximate surface area is 155 Å². The summed E-state index contributed by atoms with van der Waals surface area (Å²) in [5, 5.41) is 8.11. The van der Waals surface area contributed by atoms with Crippen LogP contribution in [0.2, 0.25) is 0 Å². The molecule has 0 radical (unpaired) electrons. The van der Waals surface area contributed by atoms with E-state index in [4.69, 9.17) is 0 Å². The maximum absolute atomic E-state index is 12.2. The summed E-state index contributed by atoms with van der Waals surface area (Å²) in [7, 11) is 0. The first-order chi connectivity index (χ1) is 12.8. The number of amides is 3. The fourth-order valence-electron chi connectivity index (χ4n) is 2.19. The van der Waals surface area contributed by atoms with Gasteiger partial charge in [-0.3, -0.25) is 4.79 Å². The molecule has 3 N–H and O–H groups in total. The Kier molecular flexibility index (Phi) is 7.10. The van der Waals surface area contributed by atoms with E-state index in [-0.39, 0.29) is 23.7 Å². The number of benzene rings is 2. The van der Waals surface area contributed by atoms with Crippen LogP contribution in [0.15, 0.2) is 48.5 Å². The molecule has 6 nitrogen and oxygen atoms in total. The van der Waals surface area contributed by atoms with Gasteiger partial charge in [0, 0.05) is 23.8 Å². The molecule has 2 aromatic carbocycles. The summed E-state index contributed by atoms with van der Waals surface area (Å²) in [6.07, 6.45) is 0. The number of carbonyl (C=O) groups is 2. The molecule has 0 saturated heterocycles. The van der Waals surface area contributed by atoms with E-state index >= 15 is 0 Å². The normalized spacial score (nSPS) is 10.6. The molecule has 0 spiro atoms. The highest BCUT2D eigenvalue weighted by Gasteiger charge is 2.08. The van der Waals surface area contributed by atoms with Crippen LogP contribution in [-0.2, 0) is 6.54 Å². The smallest absolute Gasteiger partial charge is 0.387 e. The van der Waals surface area contributed by atoms with Gasteiger partial charge in [0.25, 0.3) is 5.91 Å². The quantitative estimate of drug-likeness (QED) is 0.688. The summed E-state index contributed by atoms with van der Waals surface area (Å²) < 4.78 is 28.5. The van der Waals surface area contributed by atoms with Crippen molar-refractivity contribution in [2.75, 3.05) is 5.32 Å². The third-order valence-electron chi connectivity index (χ3n) is 3.43. The Bertz CT molecular complexity index is 763. The van der Waals surface area contributed by atoms with Gasteiger partial charge in [-0.2, -0.15) is 8.78 Å². The van der Waals surface area contributed by atoms with E-state index in [0.29, 0.717) is 17.8 Å². The molecular weight excluding hydrogens is 356 g/mol. The molecule has 0 heterocycles. The van der Waals surface area contributed by atoms with Crippen LogP contribution in [0.5, 0.6) is 5.75 Å². The van der Waals surface area contributed by atoms with Crippen LogP contribution < -0.4 is 20.7 Å². The SMILES string of the molecule is CC(C)NC(=O)NCc1ccc(C(=O)Nc2ccc(OC(F)F)cc2)cc1. The van der Waals surface area contributed by atoms with E-state index in [0.717, 1.165) is 5.56 Å². The molecule has 0 aliphatic carbocycles. The van der Waals surface area contributed by atoms with E-state index in [9.17, 15) is 18.4 Å². The van der Waals surface area contributed by atoms with Crippen LogP contribution in [0.25, 0.3) is 0 Å². The first-order valence-electron chi connectivity index (χ1n) is 8.33. The minimum Gasteiger partial charge on any atom is -0.435 e. The predicted molar refractivity (Wildman–Crippen MR) is 98.0 cm³/mol. The minimum atomic E-state index is -2.89. The van der Waals surface area contributed by atoms with E-state index < -0.39 is 6.61 Å². The number of carbonyl (C=O) groups excluding carboxylic acids is 2. The van der Waals surface area contributed by atoms with Crippen molar-refractivity contribution in [3.63, 3.8) is 0 Å². The number of hydrogen-bond donors (Lipinski definition) is 3. The van der Waals surface area contributed by atoms with E-state index in [1.54, 1.807) is 24.3 Å². The molecule has 0 aliphatic heterocycles. The molecule has 0 bridgehead atoms. The second-order valence-corrected chi connectivity index (χ2v) is 6.04. The molecule has 3 amide bonds. The van der Waals surface area contributed by atoms with Crippen LogP contribution in [-0.4, -0.2) is 24.6 Å². The van der Waals surface area contributed by atoms with Crippen LogP contribution >= 0.6 is 0 Å². The van der Waals surface area contributed by atoms with E-state index in [1.165, 1.54) is 24.3 Å². The molecule has 2 aromatic rings. The lowest BCUT2D eigenvalue weighted by Gasteiger charge is -2.10. The average Bonchev–Trinajstić information content (AvgIpc) is 2.61. The van der Waals surface area contributed by atoms with Gasteiger partial charge in [0.1, 0.15) is 5.75 Å². The molecule has 27 heavy (non-hydrogen) atoms. The summed E-state index contributed by atoms with van der Waals surface area (Å²) in [6, 6.07) is 12.2. The molecule has 0 aromatic heterocycles. The van der Waals surface area contributed by atoms with Gasteiger partial charge in [0.15, 0.2) is 0 Å². The number of urea groups is 1. The topological polar surface area (TPSA) is 79.5 Å². The molecular formula is C19H21F2N3O3. The highest BCUT2D eigenvalue weighted by molar-refractivity contribution is 6.04. The maximum atomic E-state index is 12.2. The Balaban J connectivity index is 1.88. The number of nitrogens with one attached hydrogen (secondary N) is 3. The van der Waals surface area contributed by atoms with Crippen molar-refractivity contribution in [3.05, 3.63) is 59.7 Å². The molecule has 0 fully saturated rings. The zero-order valence-corrected chi connectivity index (χ0v) is 15.0. The van der Waals surface area contributed by atoms with Crippen LogP contribution in [0.4, 0.5) is 19.3 Å². The maximum Gasteiger partial charge on any atom is 0.387 e. The molecule has 144 valence electrons. The number of rotatable bonds is 7. The van der Waals surface area contributed by atoms with Crippen LogP contribution in [0.1, 0.15) is 29.8 Å². The Morgan fingerprint density at radius 1 is 1.00 bits per heavy atom. The van der Waals surface area contributed by atoms with Crippen LogP contribution in [0.3, 0.4) is 0 Å². The lowest BCUT2D eigenvalue weighted by molar-refractivity contribution is -0.0498. The fraction of sp³-hybridized carbons (Fsp3) is 0.263. The number of halogens is 2. The van der Waals surface area contributed by atoms with Gasteiger partial charge in [0.05, 0.1) is 0 Å². The van der Waals surface area contributed by atoms with Crippen molar-refractivity contribution in [1.82, 2.24) is 10.6 Å². The monoisotopic (exact) mass is 377 g/mol. The van der Waals surface area contributed by atoms with Gasteiger partial charge >= 0.3 is 12.6 Å². The number of ether oxygens (including phenoxy) is 1. The third-order valence-corrected chi connectivity index (χ3v) is 3.43. The van der Waals surface area contributed by atoms with Gasteiger partial charge in [-0.25, -0.2) is 4.79 Å². The lowest BCUT2D eigenvalue weighted by atomic mass is 10.1. The third kappa shape index (κ3) is 6.93.